The minimum Gasteiger partial charge on any atom is -0.381 e. The number of rotatable bonds is 7. The van der Waals surface area contributed by atoms with Gasteiger partial charge < -0.3 is 15.0 Å². The molecule has 0 atom stereocenters. The van der Waals surface area contributed by atoms with E-state index in [1.165, 1.54) is 6.42 Å². The lowest BCUT2D eigenvalue weighted by atomic mass is 10.3. The zero-order valence-electron chi connectivity index (χ0n) is 11.2. The number of fused-ring (bicyclic) bond motifs is 1. The summed E-state index contributed by atoms with van der Waals surface area (Å²) >= 11 is 3.44. The highest BCUT2D eigenvalue weighted by Crippen LogP contribution is 2.22. The lowest BCUT2D eigenvalue weighted by Crippen LogP contribution is -2.06. The first-order chi connectivity index (χ1) is 9.22. The molecule has 0 radical (unpaired) electrons. The number of anilines is 1. The van der Waals surface area contributed by atoms with Crippen molar-refractivity contribution in [2.24, 2.45) is 0 Å². The largest absolute Gasteiger partial charge is 0.381 e. The Morgan fingerprint density at radius 1 is 1.32 bits per heavy atom. The van der Waals surface area contributed by atoms with Crippen molar-refractivity contribution < 1.29 is 4.74 Å². The number of ether oxygens (including phenoxy) is 1. The number of benzene rings is 1. The summed E-state index contributed by atoms with van der Waals surface area (Å²) in [6.45, 7) is 4.63. The van der Waals surface area contributed by atoms with Crippen LogP contribution in [-0.4, -0.2) is 22.8 Å². The molecule has 19 heavy (non-hydrogen) atoms. The minimum absolute atomic E-state index is 0.571. The second kappa shape index (κ2) is 6.91. The molecule has 0 aliphatic heterocycles. The summed E-state index contributed by atoms with van der Waals surface area (Å²) in [5.41, 5.74) is 7.97. The number of hydrogen-bond donors (Lipinski definition) is 1. The number of halogens is 1. The van der Waals surface area contributed by atoms with Crippen LogP contribution in [0.1, 0.15) is 26.2 Å². The van der Waals surface area contributed by atoms with E-state index in [0.717, 1.165) is 48.1 Å². The zero-order valence-corrected chi connectivity index (χ0v) is 12.8. The fourth-order valence-corrected chi connectivity index (χ4v) is 2.38. The Hall–Kier alpha value is -1.07. The first-order valence-corrected chi connectivity index (χ1v) is 7.50. The molecule has 0 spiro atoms. The maximum Gasteiger partial charge on any atom is 0.201 e. The van der Waals surface area contributed by atoms with E-state index >= 15 is 0 Å². The van der Waals surface area contributed by atoms with Crippen molar-refractivity contribution in [3.63, 3.8) is 0 Å². The summed E-state index contributed by atoms with van der Waals surface area (Å²) in [5, 5.41) is 0. The van der Waals surface area contributed by atoms with E-state index in [1.54, 1.807) is 0 Å². The van der Waals surface area contributed by atoms with E-state index < -0.39 is 0 Å². The molecule has 2 aromatic rings. The number of imidazole rings is 1. The van der Waals surface area contributed by atoms with Crippen LogP contribution < -0.4 is 5.73 Å². The Bertz CT molecular complexity index is 539. The van der Waals surface area contributed by atoms with Gasteiger partial charge in [-0.05, 0) is 31.0 Å². The van der Waals surface area contributed by atoms with Gasteiger partial charge in [0.15, 0.2) is 0 Å². The third kappa shape index (κ3) is 3.70. The monoisotopic (exact) mass is 325 g/mol. The standard InChI is InChI=1S/C14H20BrN3O/c1-2-3-8-19-9-4-7-18-13-6-5-11(15)10-12(13)17-14(18)16/h5-6,10H,2-4,7-9H2,1H3,(H2,16,17). The van der Waals surface area contributed by atoms with Crippen molar-refractivity contribution in [2.75, 3.05) is 18.9 Å². The molecule has 4 nitrogen and oxygen atoms in total. The van der Waals surface area contributed by atoms with E-state index in [4.69, 9.17) is 10.5 Å². The highest BCUT2D eigenvalue weighted by molar-refractivity contribution is 9.10. The van der Waals surface area contributed by atoms with Gasteiger partial charge in [0.1, 0.15) is 0 Å². The van der Waals surface area contributed by atoms with Gasteiger partial charge in [-0.1, -0.05) is 29.3 Å². The van der Waals surface area contributed by atoms with Crippen molar-refractivity contribution in [1.29, 1.82) is 0 Å². The molecule has 0 aliphatic rings. The molecule has 0 unspecified atom stereocenters. The van der Waals surface area contributed by atoms with Crippen LogP contribution in [0.2, 0.25) is 0 Å². The third-order valence-corrected chi connectivity index (χ3v) is 3.55. The molecule has 104 valence electrons. The fourth-order valence-electron chi connectivity index (χ4n) is 2.03. The first kappa shape index (κ1) is 14.3. The van der Waals surface area contributed by atoms with Crippen molar-refractivity contribution in [3.8, 4) is 0 Å². The molecular formula is C14H20BrN3O. The maximum absolute atomic E-state index is 5.96. The highest BCUT2D eigenvalue weighted by atomic mass is 79.9. The Kier molecular flexibility index (Phi) is 5.22. The minimum atomic E-state index is 0.571. The topological polar surface area (TPSA) is 53.1 Å². The van der Waals surface area contributed by atoms with Gasteiger partial charge in [0.05, 0.1) is 11.0 Å². The first-order valence-electron chi connectivity index (χ1n) is 6.71. The van der Waals surface area contributed by atoms with Crippen LogP contribution in [0.4, 0.5) is 5.95 Å². The van der Waals surface area contributed by atoms with E-state index in [2.05, 4.69) is 27.8 Å². The summed E-state index contributed by atoms with van der Waals surface area (Å²) in [6.07, 6.45) is 3.26. The van der Waals surface area contributed by atoms with Crippen LogP contribution >= 0.6 is 15.9 Å². The maximum atomic E-state index is 5.96. The number of nitrogens with two attached hydrogens (primary N) is 1. The summed E-state index contributed by atoms with van der Waals surface area (Å²) in [5.74, 6) is 0.571. The number of hydrogen-bond acceptors (Lipinski definition) is 3. The van der Waals surface area contributed by atoms with E-state index in [0.29, 0.717) is 5.95 Å². The van der Waals surface area contributed by atoms with Gasteiger partial charge in [0.2, 0.25) is 5.95 Å². The zero-order chi connectivity index (χ0) is 13.7. The molecule has 0 saturated carbocycles. The second-order valence-electron chi connectivity index (χ2n) is 4.57. The van der Waals surface area contributed by atoms with Gasteiger partial charge in [-0.3, -0.25) is 0 Å². The normalized spacial score (nSPS) is 11.3. The summed E-state index contributed by atoms with van der Waals surface area (Å²) < 4.78 is 8.63. The van der Waals surface area contributed by atoms with Crippen molar-refractivity contribution in [3.05, 3.63) is 22.7 Å². The summed E-state index contributed by atoms with van der Waals surface area (Å²) in [6, 6.07) is 6.04. The Labute approximate surface area is 122 Å². The Morgan fingerprint density at radius 3 is 2.89 bits per heavy atom. The number of aryl methyl sites for hydroxylation is 1. The van der Waals surface area contributed by atoms with Gasteiger partial charge in [-0.2, -0.15) is 0 Å². The lowest BCUT2D eigenvalue weighted by molar-refractivity contribution is 0.126. The molecule has 0 bridgehead atoms. The molecule has 2 N–H and O–H groups in total. The van der Waals surface area contributed by atoms with Gasteiger partial charge in [-0.15, -0.1) is 0 Å². The molecule has 2 rings (SSSR count). The number of aromatic nitrogens is 2. The molecule has 0 saturated heterocycles. The fraction of sp³-hybridized carbons (Fsp3) is 0.500. The Balaban J connectivity index is 1.95. The molecule has 1 aromatic heterocycles. The molecule has 1 aromatic carbocycles. The van der Waals surface area contributed by atoms with E-state index in [9.17, 15) is 0 Å². The number of nitrogen functional groups attached to an aromatic ring is 1. The number of nitrogens with zero attached hydrogens (tertiary/aromatic N) is 2. The predicted octanol–water partition coefficient (Wildman–Crippen LogP) is 3.59. The molecule has 1 heterocycles. The molecular weight excluding hydrogens is 306 g/mol. The van der Waals surface area contributed by atoms with E-state index in [-0.39, 0.29) is 0 Å². The lowest BCUT2D eigenvalue weighted by Gasteiger charge is -2.07. The van der Waals surface area contributed by atoms with Crippen molar-refractivity contribution in [1.82, 2.24) is 9.55 Å². The smallest absolute Gasteiger partial charge is 0.201 e. The Morgan fingerprint density at radius 2 is 2.11 bits per heavy atom. The van der Waals surface area contributed by atoms with Gasteiger partial charge in [-0.25, -0.2) is 4.98 Å². The quantitative estimate of drug-likeness (QED) is 0.791. The summed E-state index contributed by atoms with van der Waals surface area (Å²) in [4.78, 5) is 4.37. The van der Waals surface area contributed by atoms with Crippen LogP contribution in [0.3, 0.4) is 0 Å². The van der Waals surface area contributed by atoms with Gasteiger partial charge >= 0.3 is 0 Å². The predicted molar refractivity (Wildman–Crippen MR) is 82.2 cm³/mol. The third-order valence-electron chi connectivity index (χ3n) is 3.05. The second-order valence-corrected chi connectivity index (χ2v) is 5.49. The number of unbranched alkanes of at least 4 members (excludes halogenated alkanes) is 1. The molecule has 0 fully saturated rings. The van der Waals surface area contributed by atoms with Crippen LogP contribution in [0.15, 0.2) is 22.7 Å². The highest BCUT2D eigenvalue weighted by Gasteiger charge is 2.07. The van der Waals surface area contributed by atoms with Crippen molar-refractivity contribution in [2.45, 2.75) is 32.7 Å². The van der Waals surface area contributed by atoms with Crippen LogP contribution in [0.5, 0.6) is 0 Å². The van der Waals surface area contributed by atoms with Crippen LogP contribution in [0, 0.1) is 0 Å². The van der Waals surface area contributed by atoms with Gasteiger partial charge in [0.25, 0.3) is 0 Å². The molecule has 0 aliphatic carbocycles. The SMILES string of the molecule is CCCCOCCCn1c(N)nc2cc(Br)ccc21. The molecule has 0 amide bonds. The van der Waals surface area contributed by atoms with Gasteiger partial charge in [0, 0.05) is 24.2 Å². The van der Waals surface area contributed by atoms with Crippen LogP contribution in [0.25, 0.3) is 11.0 Å². The van der Waals surface area contributed by atoms with Crippen LogP contribution in [-0.2, 0) is 11.3 Å². The summed E-state index contributed by atoms with van der Waals surface area (Å²) in [7, 11) is 0. The average molecular weight is 326 g/mol. The average Bonchev–Trinajstić information content (AvgIpc) is 2.69. The van der Waals surface area contributed by atoms with Crippen molar-refractivity contribution >= 4 is 32.9 Å². The van der Waals surface area contributed by atoms with E-state index in [1.807, 2.05) is 22.8 Å². The molecule has 5 heteroatoms.